The smallest absolute Gasteiger partial charge is 0.331 e. The molecule has 0 heterocycles. The Balaban J connectivity index is 2.18. The highest BCUT2D eigenvalue weighted by Crippen LogP contribution is 2.27. The van der Waals surface area contributed by atoms with Crippen molar-refractivity contribution in [3.63, 3.8) is 0 Å². The van der Waals surface area contributed by atoms with E-state index in [0.717, 1.165) is 11.3 Å². The second kappa shape index (κ2) is 6.69. The first-order valence-electron chi connectivity index (χ1n) is 7.56. The number of carbonyl (C=O) groups is 1. The van der Waals surface area contributed by atoms with Crippen LogP contribution in [0.1, 0.15) is 38.8 Å². The van der Waals surface area contributed by atoms with Gasteiger partial charge in [0.1, 0.15) is 11.5 Å². The predicted octanol–water partition coefficient (Wildman–Crippen LogP) is 5.26. The summed E-state index contributed by atoms with van der Waals surface area (Å²) >= 11 is 0. The fraction of sp³-hybridized carbons (Fsp3) is 0.250. The highest BCUT2D eigenvalue weighted by Gasteiger charge is 2.13. The third-order valence-electron chi connectivity index (χ3n) is 3.53. The van der Waals surface area contributed by atoms with Crippen LogP contribution in [0.15, 0.2) is 54.1 Å². The predicted molar refractivity (Wildman–Crippen MR) is 92.9 cm³/mol. The molecule has 0 fully saturated rings. The zero-order valence-electron chi connectivity index (χ0n) is 14.0. The SMILES string of the molecule is C/C(=C\c1cccc(Oc2ccc(C(C)(C)C)cc2)c1)C(=O)O. The van der Waals surface area contributed by atoms with Gasteiger partial charge in [-0.3, -0.25) is 0 Å². The third-order valence-corrected chi connectivity index (χ3v) is 3.53. The van der Waals surface area contributed by atoms with Gasteiger partial charge in [-0.15, -0.1) is 0 Å². The van der Waals surface area contributed by atoms with E-state index in [1.165, 1.54) is 5.56 Å². The molecule has 0 atom stereocenters. The number of rotatable bonds is 4. The second-order valence-electron chi connectivity index (χ2n) is 6.58. The number of ether oxygens (including phenoxy) is 1. The molecule has 0 aliphatic rings. The molecule has 23 heavy (non-hydrogen) atoms. The van der Waals surface area contributed by atoms with Gasteiger partial charge in [-0.25, -0.2) is 4.79 Å². The highest BCUT2D eigenvalue weighted by molar-refractivity contribution is 5.91. The van der Waals surface area contributed by atoms with E-state index in [9.17, 15) is 4.79 Å². The molecule has 0 saturated heterocycles. The Bertz CT molecular complexity index is 719. The van der Waals surface area contributed by atoms with Gasteiger partial charge in [0.05, 0.1) is 0 Å². The van der Waals surface area contributed by atoms with Crippen molar-refractivity contribution in [1.82, 2.24) is 0 Å². The van der Waals surface area contributed by atoms with E-state index in [2.05, 4.69) is 32.9 Å². The first-order valence-corrected chi connectivity index (χ1v) is 7.56. The molecule has 120 valence electrons. The van der Waals surface area contributed by atoms with Crippen LogP contribution in [0, 0.1) is 0 Å². The van der Waals surface area contributed by atoms with E-state index in [0.29, 0.717) is 5.75 Å². The lowest BCUT2D eigenvalue weighted by atomic mass is 9.87. The van der Waals surface area contributed by atoms with Crippen molar-refractivity contribution in [1.29, 1.82) is 0 Å². The highest BCUT2D eigenvalue weighted by atomic mass is 16.5. The molecule has 0 unspecified atom stereocenters. The Kier molecular flexibility index (Phi) is 4.89. The summed E-state index contributed by atoms with van der Waals surface area (Å²) in [6.45, 7) is 8.08. The number of aliphatic carboxylic acids is 1. The van der Waals surface area contributed by atoms with Crippen molar-refractivity contribution in [2.45, 2.75) is 33.1 Å². The van der Waals surface area contributed by atoms with Gasteiger partial charge in [0.25, 0.3) is 0 Å². The summed E-state index contributed by atoms with van der Waals surface area (Å²) in [7, 11) is 0. The summed E-state index contributed by atoms with van der Waals surface area (Å²) in [5.41, 5.74) is 2.45. The monoisotopic (exact) mass is 310 g/mol. The first kappa shape index (κ1) is 16.8. The van der Waals surface area contributed by atoms with Gasteiger partial charge in [0, 0.05) is 5.57 Å². The van der Waals surface area contributed by atoms with Gasteiger partial charge >= 0.3 is 5.97 Å². The third kappa shape index (κ3) is 4.71. The van der Waals surface area contributed by atoms with Gasteiger partial charge in [0.2, 0.25) is 0 Å². The Hall–Kier alpha value is -2.55. The Morgan fingerprint density at radius 2 is 1.70 bits per heavy atom. The number of carboxylic acid groups (broad SMARTS) is 1. The molecule has 1 N–H and O–H groups in total. The maximum absolute atomic E-state index is 10.9. The molecule has 3 nitrogen and oxygen atoms in total. The molecule has 0 aliphatic heterocycles. The zero-order chi connectivity index (χ0) is 17.0. The maximum Gasteiger partial charge on any atom is 0.331 e. The van der Waals surface area contributed by atoms with Crippen molar-refractivity contribution in [2.75, 3.05) is 0 Å². The fourth-order valence-corrected chi connectivity index (χ4v) is 2.14. The van der Waals surface area contributed by atoms with E-state index in [4.69, 9.17) is 9.84 Å². The van der Waals surface area contributed by atoms with Crippen LogP contribution in [0.3, 0.4) is 0 Å². The van der Waals surface area contributed by atoms with Gasteiger partial charge in [-0.2, -0.15) is 0 Å². The molecule has 0 spiro atoms. The Morgan fingerprint density at radius 3 is 2.26 bits per heavy atom. The minimum absolute atomic E-state index is 0.109. The maximum atomic E-state index is 10.9. The first-order chi connectivity index (χ1) is 10.8. The van der Waals surface area contributed by atoms with Gasteiger partial charge in [-0.05, 0) is 53.8 Å². The van der Waals surface area contributed by atoms with Crippen LogP contribution in [0.4, 0.5) is 0 Å². The minimum atomic E-state index is -0.922. The van der Waals surface area contributed by atoms with Crippen molar-refractivity contribution in [3.05, 3.63) is 65.2 Å². The summed E-state index contributed by atoms with van der Waals surface area (Å²) in [5, 5.41) is 8.94. The topological polar surface area (TPSA) is 46.5 Å². The number of benzene rings is 2. The summed E-state index contributed by atoms with van der Waals surface area (Å²) in [4.78, 5) is 10.9. The van der Waals surface area contributed by atoms with Crippen LogP contribution in [-0.2, 0) is 10.2 Å². The summed E-state index contributed by atoms with van der Waals surface area (Å²) in [6.07, 6.45) is 1.62. The van der Waals surface area contributed by atoms with Crippen LogP contribution >= 0.6 is 0 Å². The molecule has 0 bridgehead atoms. The quantitative estimate of drug-likeness (QED) is 0.783. The molecular formula is C20H22O3. The Labute approximate surface area is 137 Å². The standard InChI is InChI=1S/C20H22O3/c1-14(19(21)22)12-15-6-5-7-18(13-15)23-17-10-8-16(9-11-17)20(2,3)4/h5-13H,1-4H3,(H,21,22)/b14-12+. The van der Waals surface area contributed by atoms with Crippen molar-refractivity contribution in [3.8, 4) is 11.5 Å². The van der Waals surface area contributed by atoms with Crippen LogP contribution in [0.2, 0.25) is 0 Å². The van der Waals surface area contributed by atoms with E-state index in [-0.39, 0.29) is 11.0 Å². The summed E-state index contributed by atoms with van der Waals surface area (Å²) in [6, 6.07) is 15.4. The van der Waals surface area contributed by atoms with Crippen molar-refractivity contribution < 1.29 is 14.6 Å². The number of carboxylic acids is 1. The molecule has 0 aromatic heterocycles. The van der Waals surface area contributed by atoms with Gasteiger partial charge in [-0.1, -0.05) is 45.0 Å². The summed E-state index contributed by atoms with van der Waals surface area (Å²) < 4.78 is 5.85. The fourth-order valence-electron chi connectivity index (χ4n) is 2.14. The lowest BCUT2D eigenvalue weighted by molar-refractivity contribution is -0.132. The van der Waals surface area contributed by atoms with Crippen molar-refractivity contribution >= 4 is 12.0 Å². The van der Waals surface area contributed by atoms with Gasteiger partial charge in [0.15, 0.2) is 0 Å². The lowest BCUT2D eigenvalue weighted by Gasteiger charge is -2.19. The lowest BCUT2D eigenvalue weighted by Crippen LogP contribution is -2.10. The normalized spacial score (nSPS) is 12.1. The Morgan fingerprint density at radius 1 is 1.04 bits per heavy atom. The zero-order valence-corrected chi connectivity index (χ0v) is 14.0. The molecule has 0 amide bonds. The average molecular weight is 310 g/mol. The van der Waals surface area contributed by atoms with Crippen LogP contribution in [0.25, 0.3) is 6.08 Å². The minimum Gasteiger partial charge on any atom is -0.478 e. The van der Waals surface area contributed by atoms with E-state index >= 15 is 0 Å². The largest absolute Gasteiger partial charge is 0.478 e. The van der Waals surface area contributed by atoms with E-state index in [1.807, 2.05) is 36.4 Å². The average Bonchev–Trinajstić information content (AvgIpc) is 2.47. The van der Waals surface area contributed by atoms with E-state index < -0.39 is 5.97 Å². The van der Waals surface area contributed by atoms with E-state index in [1.54, 1.807) is 13.0 Å². The number of hydrogen-bond donors (Lipinski definition) is 1. The molecule has 2 aromatic carbocycles. The van der Waals surface area contributed by atoms with Crippen LogP contribution < -0.4 is 4.74 Å². The summed E-state index contributed by atoms with van der Waals surface area (Å²) in [5.74, 6) is 0.517. The van der Waals surface area contributed by atoms with Gasteiger partial charge < -0.3 is 9.84 Å². The molecule has 2 rings (SSSR count). The van der Waals surface area contributed by atoms with Crippen LogP contribution in [0.5, 0.6) is 11.5 Å². The number of hydrogen-bond acceptors (Lipinski definition) is 2. The molecule has 3 heteroatoms. The second-order valence-corrected chi connectivity index (χ2v) is 6.58. The molecule has 0 aliphatic carbocycles. The van der Waals surface area contributed by atoms with Crippen LogP contribution in [-0.4, -0.2) is 11.1 Å². The molecule has 0 radical (unpaired) electrons. The molecule has 0 saturated carbocycles. The van der Waals surface area contributed by atoms with Crippen molar-refractivity contribution in [2.24, 2.45) is 0 Å². The molecular weight excluding hydrogens is 288 g/mol. The molecule has 2 aromatic rings.